The van der Waals surface area contributed by atoms with E-state index < -0.39 is 10.1 Å². The summed E-state index contributed by atoms with van der Waals surface area (Å²) in [6.45, 7) is 0. The van der Waals surface area contributed by atoms with E-state index in [1.54, 1.807) is 0 Å². The van der Waals surface area contributed by atoms with Crippen molar-refractivity contribution in [2.45, 2.75) is 4.90 Å². The molecule has 0 radical (unpaired) electrons. The summed E-state index contributed by atoms with van der Waals surface area (Å²) >= 11 is 0. The van der Waals surface area contributed by atoms with E-state index in [1.807, 2.05) is 0 Å². The van der Waals surface area contributed by atoms with Crippen LogP contribution in [0.4, 0.5) is 0 Å². The average Bonchev–Trinajstić information content (AvgIpc) is 1.86. The van der Waals surface area contributed by atoms with E-state index in [9.17, 15) is 8.42 Å². The summed E-state index contributed by atoms with van der Waals surface area (Å²) in [4.78, 5) is -0.308. The van der Waals surface area contributed by atoms with E-state index in [2.05, 4.69) is 0 Å². The van der Waals surface area contributed by atoms with Crippen LogP contribution in [0.2, 0.25) is 0 Å². The minimum absolute atomic E-state index is 0. The van der Waals surface area contributed by atoms with Crippen LogP contribution in [0, 0.1) is 0 Å². The fraction of sp³-hybridized carbons (Fsp3) is 0. The number of phenolic OH excluding ortho intramolecular Hbond substituents is 1. The predicted molar refractivity (Wildman–Crippen MR) is 52.2 cm³/mol. The molecule has 1 rings (SSSR count). The molecule has 0 aromatic heterocycles. The number of aromatic hydroxyl groups is 1. The second kappa shape index (κ2) is 6.42. The molecule has 0 atom stereocenters. The SMILES string of the molecule is O=S(=O)(O)c1cccc(O)c1.[NaH].[NaH]. The second-order valence-electron chi connectivity index (χ2n) is 1.97. The van der Waals surface area contributed by atoms with Crippen LogP contribution >= 0.6 is 0 Å². The zero-order valence-electron chi connectivity index (χ0n) is 5.43. The molecule has 0 aliphatic heterocycles. The van der Waals surface area contributed by atoms with Gasteiger partial charge in [-0.25, -0.2) is 0 Å². The first-order chi connectivity index (χ1) is 5.00. The summed E-state index contributed by atoms with van der Waals surface area (Å²) in [7, 11) is -4.19. The molecular formula is C6H8Na2O4S. The van der Waals surface area contributed by atoms with Crippen LogP contribution in [-0.2, 0) is 10.1 Å². The van der Waals surface area contributed by atoms with Crippen molar-refractivity contribution in [3.8, 4) is 5.75 Å². The summed E-state index contributed by atoms with van der Waals surface area (Å²) < 4.78 is 29.3. The van der Waals surface area contributed by atoms with Gasteiger partial charge in [0.05, 0.1) is 4.90 Å². The first-order valence-electron chi connectivity index (χ1n) is 2.77. The third-order valence-electron chi connectivity index (χ3n) is 1.12. The molecule has 0 unspecified atom stereocenters. The van der Waals surface area contributed by atoms with E-state index in [0.717, 1.165) is 6.07 Å². The molecule has 0 saturated heterocycles. The monoisotopic (exact) mass is 222 g/mol. The second-order valence-corrected chi connectivity index (χ2v) is 3.39. The van der Waals surface area contributed by atoms with Gasteiger partial charge >= 0.3 is 59.1 Å². The Morgan fingerprint density at radius 3 is 2.00 bits per heavy atom. The molecule has 1 aromatic carbocycles. The minimum atomic E-state index is -4.19. The molecule has 4 nitrogen and oxygen atoms in total. The fourth-order valence-electron chi connectivity index (χ4n) is 0.644. The molecule has 64 valence electrons. The molecule has 0 saturated carbocycles. The van der Waals surface area contributed by atoms with E-state index >= 15 is 0 Å². The number of benzene rings is 1. The van der Waals surface area contributed by atoms with Gasteiger partial charge in [-0.2, -0.15) is 8.42 Å². The maximum atomic E-state index is 10.4. The van der Waals surface area contributed by atoms with Gasteiger partial charge in [-0.1, -0.05) is 6.07 Å². The van der Waals surface area contributed by atoms with Crippen LogP contribution in [0.3, 0.4) is 0 Å². The first kappa shape index (κ1) is 16.4. The number of hydrogen-bond donors (Lipinski definition) is 2. The molecule has 2 N–H and O–H groups in total. The summed E-state index contributed by atoms with van der Waals surface area (Å²) in [6, 6.07) is 4.80. The van der Waals surface area contributed by atoms with Gasteiger partial charge in [-0.05, 0) is 12.1 Å². The summed E-state index contributed by atoms with van der Waals surface area (Å²) in [5, 5.41) is 8.80. The molecule has 0 aliphatic rings. The van der Waals surface area contributed by atoms with Gasteiger partial charge in [0.25, 0.3) is 10.1 Å². The van der Waals surface area contributed by atoms with Crippen molar-refractivity contribution >= 4 is 69.2 Å². The molecule has 0 amide bonds. The third kappa shape index (κ3) is 5.39. The Bertz CT molecular complexity index is 363. The summed E-state index contributed by atoms with van der Waals surface area (Å²) in [6.07, 6.45) is 0. The zero-order valence-corrected chi connectivity index (χ0v) is 6.25. The van der Waals surface area contributed by atoms with Gasteiger partial charge in [0.1, 0.15) is 5.75 Å². The van der Waals surface area contributed by atoms with Crippen molar-refractivity contribution in [2.75, 3.05) is 0 Å². The molecule has 7 heteroatoms. The molecule has 0 aliphatic carbocycles. The van der Waals surface area contributed by atoms with Gasteiger partial charge in [0, 0.05) is 6.07 Å². The molecule has 0 bridgehead atoms. The van der Waals surface area contributed by atoms with Crippen LogP contribution in [0.15, 0.2) is 29.2 Å². The Kier molecular flexibility index (Phi) is 8.08. The molecule has 0 heterocycles. The van der Waals surface area contributed by atoms with E-state index in [4.69, 9.17) is 9.66 Å². The first-order valence-corrected chi connectivity index (χ1v) is 4.21. The van der Waals surface area contributed by atoms with E-state index in [-0.39, 0.29) is 69.8 Å². The van der Waals surface area contributed by atoms with Crippen molar-refractivity contribution in [1.29, 1.82) is 0 Å². The zero-order chi connectivity index (χ0) is 8.48. The van der Waals surface area contributed by atoms with Crippen LogP contribution in [0.5, 0.6) is 5.75 Å². The average molecular weight is 222 g/mol. The van der Waals surface area contributed by atoms with Crippen molar-refractivity contribution in [3.63, 3.8) is 0 Å². The fourth-order valence-corrected chi connectivity index (χ4v) is 1.16. The molecule has 0 spiro atoms. The van der Waals surface area contributed by atoms with Crippen molar-refractivity contribution in [1.82, 2.24) is 0 Å². The number of hydrogen-bond acceptors (Lipinski definition) is 3. The Hall–Kier alpha value is 0.930. The molecular weight excluding hydrogens is 214 g/mol. The topological polar surface area (TPSA) is 74.6 Å². The van der Waals surface area contributed by atoms with Gasteiger partial charge in [0.15, 0.2) is 0 Å². The van der Waals surface area contributed by atoms with Crippen LogP contribution in [-0.4, -0.2) is 77.2 Å². The van der Waals surface area contributed by atoms with Gasteiger partial charge in [-0.3, -0.25) is 4.55 Å². The van der Waals surface area contributed by atoms with Crippen molar-refractivity contribution < 1.29 is 18.1 Å². The standard InChI is InChI=1S/C6H6O4S.2Na.2H/c7-5-2-1-3-6(4-5)11(8,9)10;;;;/h1-4,7H,(H,8,9,10);;;;. The quantitative estimate of drug-likeness (QED) is 0.488. The van der Waals surface area contributed by atoms with E-state index in [0.29, 0.717) is 0 Å². The Balaban J connectivity index is 0. The maximum absolute atomic E-state index is 10.4. The Morgan fingerprint density at radius 2 is 1.69 bits per heavy atom. The third-order valence-corrected chi connectivity index (χ3v) is 1.97. The van der Waals surface area contributed by atoms with Gasteiger partial charge in [-0.15, -0.1) is 0 Å². The molecule has 1 aromatic rings. The Morgan fingerprint density at radius 1 is 1.15 bits per heavy atom. The predicted octanol–water partition coefficient (Wildman–Crippen LogP) is -0.658. The van der Waals surface area contributed by atoms with Crippen LogP contribution in [0.25, 0.3) is 0 Å². The van der Waals surface area contributed by atoms with Crippen molar-refractivity contribution in [3.05, 3.63) is 24.3 Å². The molecule has 0 fully saturated rings. The van der Waals surface area contributed by atoms with E-state index in [1.165, 1.54) is 18.2 Å². The summed E-state index contributed by atoms with van der Waals surface area (Å²) in [5.41, 5.74) is 0. The normalized spacial score (nSPS) is 9.62. The Labute approximate surface area is 121 Å². The van der Waals surface area contributed by atoms with Gasteiger partial charge in [0.2, 0.25) is 0 Å². The number of phenols is 1. The number of rotatable bonds is 1. The van der Waals surface area contributed by atoms with Crippen molar-refractivity contribution in [2.24, 2.45) is 0 Å². The van der Waals surface area contributed by atoms with Gasteiger partial charge < -0.3 is 5.11 Å². The molecule has 13 heavy (non-hydrogen) atoms. The summed E-state index contributed by atoms with van der Waals surface area (Å²) in [5.74, 6) is -0.194. The van der Waals surface area contributed by atoms with Crippen LogP contribution < -0.4 is 0 Å². The van der Waals surface area contributed by atoms with Crippen LogP contribution in [0.1, 0.15) is 0 Å².